The van der Waals surface area contributed by atoms with Crippen LogP contribution in [0.4, 0.5) is 36.3 Å². The Kier molecular flexibility index (Phi) is 6.65. The van der Waals surface area contributed by atoms with Gasteiger partial charge in [-0.2, -0.15) is 18.2 Å². The van der Waals surface area contributed by atoms with E-state index in [1.54, 1.807) is 37.4 Å². The third kappa shape index (κ3) is 5.66. The summed E-state index contributed by atoms with van der Waals surface area (Å²) in [6.07, 6.45) is -4.07. The first-order valence-electron chi connectivity index (χ1n) is 10.2. The van der Waals surface area contributed by atoms with Gasteiger partial charge in [0, 0.05) is 48.3 Å². The number of hydrogen-bond acceptors (Lipinski definition) is 6. The highest BCUT2D eigenvalue weighted by molar-refractivity contribution is 9.10. The fourth-order valence-electron chi connectivity index (χ4n) is 3.66. The Balaban J connectivity index is 1.66. The number of carbonyl (C=O) groups excluding carboxylic acids is 1. The van der Waals surface area contributed by atoms with E-state index in [0.717, 1.165) is 0 Å². The van der Waals surface area contributed by atoms with Crippen LogP contribution in [0.5, 0.6) is 0 Å². The van der Waals surface area contributed by atoms with Crippen molar-refractivity contribution in [1.29, 1.82) is 0 Å². The molecule has 1 amide bonds. The fourth-order valence-corrected chi connectivity index (χ4v) is 5.00. The molecular weight excluding hydrogens is 550 g/mol. The number of hydrogen-bond donors (Lipinski definition) is 3. The molecule has 0 bridgehead atoms. The van der Waals surface area contributed by atoms with Crippen LogP contribution < -0.4 is 10.6 Å². The largest absolute Gasteiger partial charge is 0.421 e. The van der Waals surface area contributed by atoms with Crippen LogP contribution in [0, 0.1) is 0 Å². The van der Waals surface area contributed by atoms with Gasteiger partial charge in [-0.15, -0.1) is 0 Å². The van der Waals surface area contributed by atoms with Crippen molar-refractivity contribution in [2.24, 2.45) is 0 Å². The maximum Gasteiger partial charge on any atom is 0.421 e. The first kappa shape index (κ1) is 25.2. The smallest absolute Gasteiger partial charge is 0.344 e. The highest BCUT2D eigenvalue weighted by Gasteiger charge is 2.36. The normalized spacial score (nSPS) is 15.1. The van der Waals surface area contributed by atoms with Gasteiger partial charge >= 0.3 is 6.18 Å². The standard InChI is InChI=1S/C22H20BrF3N5O3P/c1-31-10-14-16(23)7-8-17(18(14)20(31)32)29-19-15(22(24,25)26)9-27-21(30-19)28-13-5-3-12(4-6-13)11-35(2,33)34/h3-9H,10-11H2,1-2H3,(H,33,34)(H2,27,28,29,30). The number of fused-ring (bicyclic) bond motifs is 1. The van der Waals surface area contributed by atoms with E-state index in [-0.39, 0.29) is 29.3 Å². The monoisotopic (exact) mass is 569 g/mol. The Morgan fingerprint density at radius 3 is 2.49 bits per heavy atom. The second-order valence-electron chi connectivity index (χ2n) is 8.22. The number of carbonyl (C=O) groups is 1. The van der Waals surface area contributed by atoms with Crippen LogP contribution in [-0.4, -0.2) is 39.4 Å². The van der Waals surface area contributed by atoms with Gasteiger partial charge in [0.25, 0.3) is 5.91 Å². The van der Waals surface area contributed by atoms with E-state index in [9.17, 15) is 27.4 Å². The molecule has 35 heavy (non-hydrogen) atoms. The molecule has 3 aromatic rings. The van der Waals surface area contributed by atoms with Gasteiger partial charge in [-0.25, -0.2) is 4.98 Å². The molecule has 1 aromatic heterocycles. The Hall–Kier alpha value is -2.95. The second kappa shape index (κ2) is 9.25. The molecule has 1 aliphatic rings. The van der Waals surface area contributed by atoms with E-state index in [1.165, 1.54) is 17.6 Å². The van der Waals surface area contributed by atoms with E-state index in [0.29, 0.717) is 34.0 Å². The molecule has 3 N–H and O–H groups in total. The van der Waals surface area contributed by atoms with Crippen molar-refractivity contribution < 1.29 is 27.4 Å². The summed E-state index contributed by atoms with van der Waals surface area (Å²) in [6.45, 7) is 1.59. The molecule has 1 atom stereocenters. The second-order valence-corrected chi connectivity index (χ2v) is 11.5. The van der Waals surface area contributed by atoms with E-state index >= 15 is 0 Å². The molecule has 0 saturated carbocycles. The molecule has 1 aliphatic heterocycles. The Bertz CT molecular complexity index is 1350. The predicted molar refractivity (Wildman–Crippen MR) is 129 cm³/mol. The van der Waals surface area contributed by atoms with Gasteiger partial charge in [-0.1, -0.05) is 28.1 Å². The van der Waals surface area contributed by atoms with Crippen molar-refractivity contribution in [3.05, 3.63) is 69.3 Å². The van der Waals surface area contributed by atoms with Gasteiger partial charge in [-0.05, 0) is 29.8 Å². The van der Waals surface area contributed by atoms with Crippen LogP contribution in [0.1, 0.15) is 27.0 Å². The molecular formula is C22H20BrF3N5O3P. The summed E-state index contributed by atoms with van der Waals surface area (Å²) in [6, 6.07) is 9.65. The summed E-state index contributed by atoms with van der Waals surface area (Å²) in [5.41, 5.74) is 1.17. The van der Waals surface area contributed by atoms with E-state index < -0.39 is 24.9 Å². The fraction of sp³-hybridized carbons (Fsp3) is 0.227. The van der Waals surface area contributed by atoms with Crippen LogP contribution in [-0.2, 0) is 23.4 Å². The van der Waals surface area contributed by atoms with E-state index in [4.69, 9.17) is 0 Å². The average molecular weight is 570 g/mol. The molecule has 0 fully saturated rings. The van der Waals surface area contributed by atoms with Crippen molar-refractivity contribution in [2.45, 2.75) is 18.9 Å². The molecule has 1 unspecified atom stereocenters. The summed E-state index contributed by atoms with van der Waals surface area (Å²) >= 11 is 3.39. The first-order chi connectivity index (χ1) is 16.3. The lowest BCUT2D eigenvalue weighted by Crippen LogP contribution is -2.18. The molecule has 4 rings (SSSR count). The predicted octanol–water partition coefficient (Wildman–Crippen LogP) is 5.73. The van der Waals surface area contributed by atoms with E-state index in [2.05, 4.69) is 36.5 Å². The summed E-state index contributed by atoms with van der Waals surface area (Å²) in [7, 11) is -1.63. The minimum Gasteiger partial charge on any atom is -0.344 e. The van der Waals surface area contributed by atoms with Crippen molar-refractivity contribution in [2.75, 3.05) is 24.3 Å². The van der Waals surface area contributed by atoms with Crippen molar-refractivity contribution in [1.82, 2.24) is 14.9 Å². The van der Waals surface area contributed by atoms with Gasteiger partial charge in [-0.3, -0.25) is 9.36 Å². The number of halogens is 4. The quantitative estimate of drug-likeness (QED) is 0.325. The number of anilines is 4. The number of nitrogens with one attached hydrogen (secondary N) is 2. The average Bonchev–Trinajstić information content (AvgIpc) is 3.05. The van der Waals surface area contributed by atoms with Crippen LogP contribution in [0.25, 0.3) is 0 Å². The maximum atomic E-state index is 13.7. The lowest BCUT2D eigenvalue weighted by atomic mass is 10.1. The Morgan fingerprint density at radius 2 is 1.86 bits per heavy atom. The zero-order valence-corrected chi connectivity index (χ0v) is 21.0. The molecule has 0 radical (unpaired) electrons. The minimum absolute atomic E-state index is 0.00352. The molecule has 0 aliphatic carbocycles. The topological polar surface area (TPSA) is 107 Å². The SMILES string of the molecule is CN1Cc2c(Br)ccc(Nc3nc(Nc4ccc(CP(C)(=O)O)cc4)ncc3C(F)(F)F)c2C1=O. The molecule has 2 aromatic carbocycles. The minimum atomic E-state index is -4.74. The first-order valence-corrected chi connectivity index (χ1v) is 13.3. The number of aromatic nitrogens is 2. The number of alkyl halides is 3. The maximum absolute atomic E-state index is 13.7. The molecule has 8 nitrogen and oxygen atoms in total. The Morgan fingerprint density at radius 1 is 1.17 bits per heavy atom. The molecule has 13 heteroatoms. The molecule has 2 heterocycles. The molecule has 184 valence electrons. The highest BCUT2D eigenvalue weighted by atomic mass is 79.9. The summed E-state index contributed by atoms with van der Waals surface area (Å²) in [5, 5.41) is 5.51. The highest BCUT2D eigenvalue weighted by Crippen LogP contribution is 2.40. The van der Waals surface area contributed by atoms with Gasteiger partial charge in [0.2, 0.25) is 13.3 Å². The third-order valence-corrected chi connectivity index (χ3v) is 6.94. The van der Waals surface area contributed by atoms with Crippen LogP contribution in [0.15, 0.2) is 47.1 Å². The van der Waals surface area contributed by atoms with E-state index in [1.807, 2.05) is 0 Å². The van der Waals surface area contributed by atoms with Gasteiger partial charge in [0.1, 0.15) is 11.4 Å². The third-order valence-electron chi connectivity index (χ3n) is 5.24. The lowest BCUT2D eigenvalue weighted by molar-refractivity contribution is -0.137. The zero-order valence-electron chi connectivity index (χ0n) is 18.5. The number of benzene rings is 2. The van der Waals surface area contributed by atoms with Crippen LogP contribution in [0.2, 0.25) is 0 Å². The number of amides is 1. The summed E-state index contributed by atoms with van der Waals surface area (Å²) in [5.74, 6) is -0.927. The number of nitrogens with zero attached hydrogens (tertiary/aromatic N) is 3. The van der Waals surface area contributed by atoms with Gasteiger partial charge in [0.05, 0.1) is 11.3 Å². The van der Waals surface area contributed by atoms with Gasteiger partial charge in [0.15, 0.2) is 0 Å². The van der Waals surface area contributed by atoms with Crippen molar-refractivity contribution in [3.63, 3.8) is 0 Å². The molecule has 0 spiro atoms. The summed E-state index contributed by atoms with van der Waals surface area (Å²) < 4.78 is 53.4. The van der Waals surface area contributed by atoms with Crippen LogP contribution >= 0.6 is 23.3 Å². The van der Waals surface area contributed by atoms with Gasteiger partial charge < -0.3 is 20.4 Å². The van der Waals surface area contributed by atoms with Crippen molar-refractivity contribution >= 4 is 52.3 Å². The Labute approximate surface area is 207 Å². The van der Waals surface area contributed by atoms with Crippen LogP contribution in [0.3, 0.4) is 0 Å². The summed E-state index contributed by atoms with van der Waals surface area (Å²) in [4.78, 5) is 31.4. The number of rotatable bonds is 6. The van der Waals surface area contributed by atoms with Crippen molar-refractivity contribution in [3.8, 4) is 0 Å². The molecule has 0 saturated heterocycles. The zero-order chi connectivity index (χ0) is 25.5. The lowest BCUT2D eigenvalue weighted by Gasteiger charge is -2.16.